The van der Waals surface area contributed by atoms with E-state index in [-0.39, 0.29) is 5.69 Å². The molecule has 1 aromatic carbocycles. The molecule has 14 heteroatoms. The van der Waals surface area contributed by atoms with E-state index < -0.39 is 17.8 Å². The van der Waals surface area contributed by atoms with Crippen LogP contribution in [0.15, 0.2) is 55.2 Å². The number of aryl methyl sites for hydroxylation is 1. The Labute approximate surface area is 253 Å². The monoisotopic (exact) mass is 626 g/mol. The predicted molar refractivity (Wildman–Crippen MR) is 164 cm³/mol. The molecule has 6 rings (SSSR count). The van der Waals surface area contributed by atoms with Crippen molar-refractivity contribution in [1.29, 1.82) is 0 Å². The van der Waals surface area contributed by atoms with Gasteiger partial charge in [0, 0.05) is 52.9 Å². The second-order valence-electron chi connectivity index (χ2n) is 10.4. The minimum Gasteiger partial charge on any atom is -0.368 e. The van der Waals surface area contributed by atoms with Gasteiger partial charge in [0.05, 0.1) is 22.0 Å². The molecule has 1 aliphatic carbocycles. The number of hydrogen-bond acceptors (Lipinski definition) is 8. The number of aromatic nitrogens is 5. The van der Waals surface area contributed by atoms with Crippen LogP contribution in [-0.4, -0.2) is 37.3 Å². The molecule has 0 aliphatic heterocycles. The summed E-state index contributed by atoms with van der Waals surface area (Å²) in [5.41, 5.74) is 1.14. The molecule has 2 amide bonds. The fourth-order valence-corrected chi connectivity index (χ4v) is 7.03. The molecule has 5 aromatic rings. The van der Waals surface area contributed by atoms with Crippen LogP contribution in [0.4, 0.5) is 34.6 Å². The van der Waals surface area contributed by atoms with E-state index in [0.29, 0.717) is 18.1 Å². The second kappa shape index (κ2) is 12.7. The van der Waals surface area contributed by atoms with Crippen molar-refractivity contribution >= 4 is 55.6 Å². The Bertz CT molecular complexity index is 1710. The second-order valence-corrected chi connectivity index (χ2v) is 12.6. The number of rotatable bonds is 10. The molecule has 1 aliphatic rings. The fourth-order valence-electron chi connectivity index (χ4n) is 5.17. The summed E-state index contributed by atoms with van der Waals surface area (Å²) in [5, 5.41) is 13.3. The van der Waals surface area contributed by atoms with Gasteiger partial charge in [-0.15, -0.1) is 22.7 Å². The van der Waals surface area contributed by atoms with Gasteiger partial charge in [0.15, 0.2) is 5.13 Å². The largest absolute Gasteiger partial charge is 0.416 e. The molecule has 0 unspecified atom stereocenters. The molecule has 9 nitrogen and oxygen atoms in total. The van der Waals surface area contributed by atoms with Crippen molar-refractivity contribution in [2.75, 3.05) is 22.5 Å². The van der Waals surface area contributed by atoms with Crippen molar-refractivity contribution in [3.8, 4) is 10.4 Å². The third-order valence-electron chi connectivity index (χ3n) is 7.36. The summed E-state index contributed by atoms with van der Waals surface area (Å²) in [6, 6.07) is 5.85. The van der Waals surface area contributed by atoms with Gasteiger partial charge in [-0.2, -0.15) is 18.3 Å². The van der Waals surface area contributed by atoms with Gasteiger partial charge in [-0.1, -0.05) is 31.7 Å². The summed E-state index contributed by atoms with van der Waals surface area (Å²) >= 11 is 2.92. The standard InChI is InChI=1S/C29H29F3N8OS2/c30-29(31,32)20-6-3-7-21(12-20)38-27(41)39-28-34-15-22(42-28)8-10-33-26-25-23(35-17-36-26)13-24(43-25)19-14-37-40(16-19)11-9-18-4-1-2-5-18/h3,6-7,12-18H,1-2,4-5,8-11H2,(H,33,35,36)(H2,34,38,39,41). The van der Waals surface area contributed by atoms with Crippen LogP contribution in [0.5, 0.6) is 0 Å². The molecule has 1 saturated carbocycles. The molecule has 0 spiro atoms. The molecule has 43 heavy (non-hydrogen) atoms. The minimum absolute atomic E-state index is 0.0364. The van der Waals surface area contributed by atoms with Crippen LogP contribution in [0.25, 0.3) is 20.7 Å². The van der Waals surface area contributed by atoms with E-state index in [1.165, 1.54) is 55.6 Å². The maximum Gasteiger partial charge on any atom is 0.416 e. The summed E-state index contributed by atoms with van der Waals surface area (Å²) in [5.74, 6) is 1.57. The Morgan fingerprint density at radius 1 is 1.05 bits per heavy atom. The van der Waals surface area contributed by atoms with Gasteiger partial charge in [0.25, 0.3) is 0 Å². The molecule has 3 N–H and O–H groups in total. The predicted octanol–water partition coefficient (Wildman–Crippen LogP) is 7.91. The molecule has 4 aromatic heterocycles. The lowest BCUT2D eigenvalue weighted by molar-refractivity contribution is -0.137. The molecule has 224 valence electrons. The van der Waals surface area contributed by atoms with Crippen molar-refractivity contribution < 1.29 is 18.0 Å². The number of anilines is 3. The molecule has 0 bridgehead atoms. The van der Waals surface area contributed by atoms with Crippen LogP contribution in [0, 0.1) is 5.92 Å². The Balaban J connectivity index is 1.02. The zero-order valence-electron chi connectivity index (χ0n) is 23.0. The van der Waals surface area contributed by atoms with Crippen molar-refractivity contribution in [3.05, 3.63) is 65.7 Å². The highest BCUT2D eigenvalue weighted by Crippen LogP contribution is 2.36. The van der Waals surface area contributed by atoms with Crippen LogP contribution in [0.1, 0.15) is 42.5 Å². The number of carbonyl (C=O) groups is 1. The maximum absolute atomic E-state index is 12.9. The lowest BCUT2D eigenvalue weighted by atomic mass is 10.0. The SMILES string of the molecule is O=C(Nc1cccc(C(F)(F)F)c1)Nc1ncc(CCNc2ncnc3cc(-c4cnn(CCC5CCCC5)c4)sc23)s1. The number of halogens is 3. The number of alkyl halides is 3. The number of thiazole rings is 1. The molecular formula is C29H29F3N8OS2. The van der Waals surface area contributed by atoms with Crippen LogP contribution in [0.3, 0.4) is 0 Å². The first-order chi connectivity index (χ1) is 20.8. The fraction of sp³-hybridized carbons (Fsp3) is 0.345. The first-order valence-electron chi connectivity index (χ1n) is 14.0. The van der Waals surface area contributed by atoms with Gasteiger partial charge in [0.2, 0.25) is 0 Å². The van der Waals surface area contributed by atoms with Gasteiger partial charge in [-0.05, 0) is 36.6 Å². The number of hydrogen-bond donors (Lipinski definition) is 3. The van der Waals surface area contributed by atoms with Gasteiger partial charge in [0.1, 0.15) is 12.1 Å². The van der Waals surface area contributed by atoms with Crippen molar-refractivity contribution in [1.82, 2.24) is 24.7 Å². The Hall–Kier alpha value is -4.04. The Morgan fingerprint density at radius 3 is 2.74 bits per heavy atom. The molecular weight excluding hydrogens is 598 g/mol. The normalized spacial score (nSPS) is 13.9. The number of amides is 2. The Kier molecular flexibility index (Phi) is 8.56. The zero-order valence-corrected chi connectivity index (χ0v) is 24.7. The summed E-state index contributed by atoms with van der Waals surface area (Å²) in [4.78, 5) is 27.4. The number of nitrogens with zero attached hydrogens (tertiary/aromatic N) is 5. The first-order valence-corrected chi connectivity index (χ1v) is 15.6. The summed E-state index contributed by atoms with van der Waals surface area (Å²) in [6.07, 6.45) is 9.92. The maximum atomic E-state index is 12.9. The third-order valence-corrected chi connectivity index (χ3v) is 9.51. The van der Waals surface area contributed by atoms with Gasteiger partial charge in [-0.25, -0.2) is 19.7 Å². The highest BCUT2D eigenvalue weighted by molar-refractivity contribution is 7.22. The number of benzene rings is 1. The topological polar surface area (TPSA) is 110 Å². The van der Waals surface area contributed by atoms with Crippen LogP contribution in [-0.2, 0) is 19.1 Å². The molecule has 0 radical (unpaired) electrons. The van der Waals surface area contributed by atoms with Gasteiger partial charge in [-0.3, -0.25) is 10.00 Å². The van der Waals surface area contributed by atoms with Crippen LogP contribution < -0.4 is 16.0 Å². The molecule has 1 fully saturated rings. The Morgan fingerprint density at radius 2 is 1.91 bits per heavy atom. The minimum atomic E-state index is -4.49. The number of carbonyl (C=O) groups excluding carboxylic acids is 1. The highest BCUT2D eigenvalue weighted by atomic mass is 32.1. The quantitative estimate of drug-likeness (QED) is 0.145. The van der Waals surface area contributed by atoms with E-state index in [4.69, 9.17) is 0 Å². The molecule has 0 saturated heterocycles. The van der Waals surface area contributed by atoms with E-state index in [1.54, 1.807) is 23.9 Å². The summed E-state index contributed by atoms with van der Waals surface area (Å²) in [6.45, 7) is 1.52. The first kappa shape index (κ1) is 29.1. The van der Waals surface area contributed by atoms with Gasteiger partial charge < -0.3 is 10.6 Å². The number of fused-ring (bicyclic) bond motifs is 1. The van der Waals surface area contributed by atoms with E-state index in [2.05, 4.69) is 48.3 Å². The van der Waals surface area contributed by atoms with Crippen molar-refractivity contribution in [2.45, 2.75) is 51.2 Å². The zero-order chi connectivity index (χ0) is 29.8. The third kappa shape index (κ3) is 7.31. The number of thiophene rings is 1. The van der Waals surface area contributed by atoms with Gasteiger partial charge >= 0.3 is 12.2 Å². The summed E-state index contributed by atoms with van der Waals surface area (Å²) in [7, 11) is 0. The van der Waals surface area contributed by atoms with E-state index in [1.807, 2.05) is 10.9 Å². The summed E-state index contributed by atoms with van der Waals surface area (Å²) < 4.78 is 41.8. The van der Waals surface area contributed by atoms with Crippen LogP contribution in [0.2, 0.25) is 0 Å². The lowest BCUT2D eigenvalue weighted by Crippen LogP contribution is -2.19. The average molecular weight is 627 g/mol. The molecule has 4 heterocycles. The number of urea groups is 1. The van der Waals surface area contributed by atoms with Crippen LogP contribution >= 0.6 is 22.7 Å². The highest BCUT2D eigenvalue weighted by Gasteiger charge is 2.30. The van der Waals surface area contributed by atoms with E-state index in [9.17, 15) is 18.0 Å². The van der Waals surface area contributed by atoms with E-state index >= 15 is 0 Å². The number of nitrogens with one attached hydrogen (secondary N) is 3. The molecule has 0 atom stereocenters. The van der Waals surface area contributed by atoms with Crippen molar-refractivity contribution in [3.63, 3.8) is 0 Å². The van der Waals surface area contributed by atoms with Crippen molar-refractivity contribution in [2.24, 2.45) is 5.92 Å². The average Bonchev–Trinajstić information content (AvgIpc) is 3.79. The lowest BCUT2D eigenvalue weighted by Gasteiger charge is -2.09. The smallest absolute Gasteiger partial charge is 0.368 e. The van der Waals surface area contributed by atoms with E-state index in [0.717, 1.165) is 55.9 Å².